The Hall–Kier alpha value is -2.41. The Morgan fingerprint density at radius 1 is 1.33 bits per heavy atom. The van der Waals surface area contributed by atoms with E-state index in [4.69, 9.17) is 5.11 Å². The molecule has 6 nitrogen and oxygen atoms in total. The number of nitrogens with one attached hydrogen (secondary N) is 2. The monoisotopic (exact) mass is 305 g/mol. The van der Waals surface area contributed by atoms with Gasteiger partial charge in [-0.2, -0.15) is 0 Å². The minimum atomic E-state index is -1.08. The van der Waals surface area contributed by atoms with Crippen molar-refractivity contribution in [2.24, 2.45) is 0 Å². The summed E-state index contributed by atoms with van der Waals surface area (Å²) in [4.78, 5) is 27.3. The summed E-state index contributed by atoms with van der Waals surface area (Å²) in [5.41, 5.74) is 1.97. The van der Waals surface area contributed by atoms with Gasteiger partial charge in [-0.3, -0.25) is 0 Å². The first kappa shape index (κ1) is 15.0. The maximum absolute atomic E-state index is 11.9. The van der Waals surface area contributed by atoms with Crippen molar-refractivity contribution in [1.29, 1.82) is 0 Å². The Morgan fingerprint density at radius 3 is 2.71 bits per heavy atom. The number of carboxylic acid groups (broad SMARTS) is 1. The summed E-state index contributed by atoms with van der Waals surface area (Å²) in [6.07, 6.45) is 0. The maximum Gasteiger partial charge on any atom is 0.337 e. The molecular weight excluding hydrogens is 290 g/mol. The van der Waals surface area contributed by atoms with E-state index in [0.29, 0.717) is 17.8 Å². The van der Waals surface area contributed by atoms with Gasteiger partial charge >= 0.3 is 12.0 Å². The van der Waals surface area contributed by atoms with Gasteiger partial charge in [0.05, 0.1) is 17.8 Å². The van der Waals surface area contributed by atoms with E-state index in [-0.39, 0.29) is 5.56 Å². The number of anilines is 1. The molecule has 0 fully saturated rings. The molecule has 0 bridgehead atoms. The first-order valence-corrected chi connectivity index (χ1v) is 7.14. The van der Waals surface area contributed by atoms with Crippen LogP contribution in [-0.4, -0.2) is 22.1 Å². The molecule has 0 radical (unpaired) electrons. The van der Waals surface area contributed by atoms with Crippen LogP contribution >= 0.6 is 11.3 Å². The van der Waals surface area contributed by atoms with E-state index >= 15 is 0 Å². The number of carbonyl (C=O) groups is 2. The number of amides is 2. The van der Waals surface area contributed by atoms with Crippen molar-refractivity contribution < 1.29 is 14.7 Å². The lowest BCUT2D eigenvalue weighted by Gasteiger charge is -2.11. The maximum atomic E-state index is 11.9. The summed E-state index contributed by atoms with van der Waals surface area (Å²) in [7, 11) is 0. The van der Waals surface area contributed by atoms with E-state index in [1.54, 1.807) is 19.1 Å². The lowest BCUT2D eigenvalue weighted by atomic mass is 10.1. The highest BCUT2D eigenvalue weighted by Crippen LogP contribution is 2.20. The zero-order chi connectivity index (χ0) is 15.4. The quantitative estimate of drug-likeness (QED) is 0.810. The van der Waals surface area contributed by atoms with E-state index in [2.05, 4.69) is 15.6 Å². The molecule has 21 heavy (non-hydrogen) atoms. The lowest BCUT2D eigenvalue weighted by molar-refractivity contribution is 0.0698. The second-order valence-corrected chi connectivity index (χ2v) is 5.44. The molecule has 0 saturated carbocycles. The van der Waals surface area contributed by atoms with Crippen LogP contribution in [0.25, 0.3) is 0 Å². The fraction of sp³-hybridized carbons (Fsp3) is 0.214. The van der Waals surface area contributed by atoms with Crippen LogP contribution in [-0.2, 0) is 6.54 Å². The summed E-state index contributed by atoms with van der Waals surface area (Å²) in [6.45, 7) is 3.93. The van der Waals surface area contributed by atoms with E-state index in [1.807, 2.05) is 12.3 Å². The van der Waals surface area contributed by atoms with Gasteiger partial charge in [-0.1, -0.05) is 12.1 Å². The Kier molecular flexibility index (Phi) is 4.54. The number of nitrogens with zero attached hydrogens (tertiary/aromatic N) is 1. The first-order chi connectivity index (χ1) is 9.97. The molecule has 0 spiro atoms. The molecule has 0 atom stereocenters. The predicted octanol–water partition coefficient (Wildman–Crippen LogP) is 2.78. The van der Waals surface area contributed by atoms with Crippen LogP contribution in [0.15, 0.2) is 23.6 Å². The zero-order valence-electron chi connectivity index (χ0n) is 11.6. The standard InChI is InChI=1S/C14H15N3O3S/c1-8-4-3-5-10(13(18)19)12(8)17-14(20)15-6-11-16-9(2)7-21-11/h3-5,7H,6H2,1-2H3,(H,18,19)(H2,15,17,20). The molecule has 7 heteroatoms. The van der Waals surface area contributed by atoms with Gasteiger partial charge in [0.25, 0.3) is 0 Å². The number of hydrogen-bond acceptors (Lipinski definition) is 4. The molecule has 0 aliphatic rings. The highest BCUT2D eigenvalue weighted by atomic mass is 32.1. The number of hydrogen-bond donors (Lipinski definition) is 3. The number of aromatic nitrogens is 1. The number of benzene rings is 1. The third-order valence-electron chi connectivity index (χ3n) is 2.81. The molecule has 2 aromatic rings. The Bertz CT molecular complexity index is 682. The van der Waals surface area contributed by atoms with Crippen LogP contribution in [0.1, 0.15) is 26.6 Å². The summed E-state index contributed by atoms with van der Waals surface area (Å²) in [5, 5.41) is 17.1. The SMILES string of the molecule is Cc1csc(CNC(=O)Nc2c(C)cccc2C(=O)O)n1. The van der Waals surface area contributed by atoms with Gasteiger partial charge in [0.1, 0.15) is 5.01 Å². The molecule has 110 valence electrons. The molecule has 0 unspecified atom stereocenters. The number of thiazole rings is 1. The predicted molar refractivity (Wildman–Crippen MR) is 80.8 cm³/mol. The first-order valence-electron chi connectivity index (χ1n) is 6.26. The molecule has 0 aliphatic heterocycles. The second kappa shape index (κ2) is 6.36. The Morgan fingerprint density at radius 2 is 2.10 bits per heavy atom. The number of para-hydroxylation sites is 1. The molecule has 2 amide bonds. The summed E-state index contributed by atoms with van der Waals surface area (Å²) in [6, 6.07) is 4.38. The molecule has 0 saturated heterocycles. The van der Waals surface area contributed by atoms with Crippen molar-refractivity contribution in [3.63, 3.8) is 0 Å². The summed E-state index contributed by atoms with van der Waals surface area (Å²) < 4.78 is 0. The molecule has 0 aliphatic carbocycles. The van der Waals surface area contributed by atoms with Crippen LogP contribution in [0.3, 0.4) is 0 Å². The molecular formula is C14H15N3O3S. The third-order valence-corrected chi connectivity index (χ3v) is 3.78. The minimum absolute atomic E-state index is 0.0650. The largest absolute Gasteiger partial charge is 0.478 e. The van der Waals surface area contributed by atoms with Crippen LogP contribution in [0, 0.1) is 13.8 Å². The fourth-order valence-corrected chi connectivity index (χ4v) is 2.52. The number of aryl methyl sites for hydroxylation is 2. The number of rotatable bonds is 4. The van der Waals surface area contributed by atoms with Crippen LogP contribution in [0.5, 0.6) is 0 Å². The number of carboxylic acids is 1. The topological polar surface area (TPSA) is 91.3 Å². The van der Waals surface area contributed by atoms with Crippen LogP contribution in [0.2, 0.25) is 0 Å². The van der Waals surface area contributed by atoms with Gasteiger partial charge in [-0.05, 0) is 25.5 Å². The van der Waals surface area contributed by atoms with E-state index in [1.165, 1.54) is 17.4 Å². The van der Waals surface area contributed by atoms with Crippen molar-refractivity contribution >= 4 is 29.0 Å². The Labute approximate surface area is 125 Å². The molecule has 1 aromatic heterocycles. The van der Waals surface area contributed by atoms with E-state index in [0.717, 1.165) is 10.7 Å². The van der Waals surface area contributed by atoms with Crippen molar-refractivity contribution in [3.8, 4) is 0 Å². The van der Waals surface area contributed by atoms with Gasteiger partial charge in [-0.25, -0.2) is 14.6 Å². The van der Waals surface area contributed by atoms with Crippen LogP contribution < -0.4 is 10.6 Å². The van der Waals surface area contributed by atoms with Gasteiger partial charge in [0.15, 0.2) is 0 Å². The van der Waals surface area contributed by atoms with Crippen molar-refractivity contribution in [2.75, 3.05) is 5.32 Å². The van der Waals surface area contributed by atoms with Gasteiger partial charge in [-0.15, -0.1) is 11.3 Å². The smallest absolute Gasteiger partial charge is 0.337 e. The molecule has 1 aromatic carbocycles. The Balaban J connectivity index is 2.04. The molecule has 2 rings (SSSR count). The average molecular weight is 305 g/mol. The fourth-order valence-electron chi connectivity index (χ4n) is 1.81. The average Bonchev–Trinajstić information content (AvgIpc) is 2.84. The van der Waals surface area contributed by atoms with Crippen molar-refractivity contribution in [2.45, 2.75) is 20.4 Å². The minimum Gasteiger partial charge on any atom is -0.478 e. The third kappa shape index (κ3) is 3.79. The number of aromatic carboxylic acids is 1. The van der Waals surface area contributed by atoms with Gasteiger partial charge in [0, 0.05) is 11.1 Å². The van der Waals surface area contributed by atoms with Gasteiger partial charge < -0.3 is 15.7 Å². The molecule has 1 heterocycles. The van der Waals surface area contributed by atoms with E-state index in [9.17, 15) is 9.59 Å². The highest BCUT2D eigenvalue weighted by Gasteiger charge is 2.14. The molecule has 3 N–H and O–H groups in total. The zero-order valence-corrected chi connectivity index (χ0v) is 12.5. The van der Waals surface area contributed by atoms with Crippen LogP contribution in [0.4, 0.5) is 10.5 Å². The summed E-state index contributed by atoms with van der Waals surface area (Å²) in [5.74, 6) is -1.08. The lowest BCUT2D eigenvalue weighted by Crippen LogP contribution is -2.29. The number of urea groups is 1. The van der Waals surface area contributed by atoms with E-state index < -0.39 is 12.0 Å². The normalized spacial score (nSPS) is 10.2. The van der Waals surface area contributed by atoms with Crippen molar-refractivity contribution in [1.82, 2.24) is 10.3 Å². The second-order valence-electron chi connectivity index (χ2n) is 4.49. The summed E-state index contributed by atoms with van der Waals surface area (Å²) >= 11 is 1.46. The number of carbonyl (C=O) groups excluding carboxylic acids is 1. The van der Waals surface area contributed by atoms with Gasteiger partial charge in [0.2, 0.25) is 0 Å². The van der Waals surface area contributed by atoms with Crippen molar-refractivity contribution in [3.05, 3.63) is 45.4 Å². The highest BCUT2D eigenvalue weighted by molar-refractivity contribution is 7.09.